The summed E-state index contributed by atoms with van der Waals surface area (Å²) in [5.74, 6) is -1.22. The van der Waals surface area contributed by atoms with E-state index in [1.807, 2.05) is 35.6 Å². The molecule has 0 unspecified atom stereocenters. The molecule has 0 saturated heterocycles. The van der Waals surface area contributed by atoms with Gasteiger partial charge in [-0.2, -0.15) is 5.26 Å². The Bertz CT molecular complexity index is 3320. The molecule has 0 atom stereocenters. The van der Waals surface area contributed by atoms with Gasteiger partial charge < -0.3 is 14.2 Å². The number of hydrogen-bond donors (Lipinski definition) is 1. The molecule has 7 heteroatoms. The number of thiophene rings is 2. The zero-order valence-corrected chi connectivity index (χ0v) is 43.0. The Morgan fingerprint density at radius 3 is 1.55 bits per heavy atom. The van der Waals surface area contributed by atoms with E-state index >= 15 is 0 Å². The first-order valence-electron chi connectivity index (χ1n) is 25.0. The van der Waals surface area contributed by atoms with Crippen molar-refractivity contribution in [3.8, 4) is 42.4 Å². The fourth-order valence-corrected chi connectivity index (χ4v) is 12.0. The van der Waals surface area contributed by atoms with Crippen molar-refractivity contribution in [2.45, 2.75) is 130 Å². The van der Waals surface area contributed by atoms with Crippen LogP contribution in [0.3, 0.4) is 0 Å². The predicted molar refractivity (Wildman–Crippen MR) is 296 cm³/mol. The molecule has 352 valence electrons. The third-order valence-electron chi connectivity index (χ3n) is 13.9. The van der Waals surface area contributed by atoms with E-state index in [9.17, 15) is 15.2 Å². The lowest BCUT2D eigenvalue weighted by atomic mass is 9.85. The second-order valence-electron chi connectivity index (χ2n) is 21.0. The maximum atomic E-state index is 11.4. The smallest absolute Gasteiger partial charge is 0.346 e. The molecule has 9 rings (SSSR count). The van der Waals surface area contributed by atoms with Gasteiger partial charge in [0.05, 0.1) is 11.0 Å². The molecule has 5 aromatic carbocycles. The van der Waals surface area contributed by atoms with Crippen LogP contribution in [0, 0.1) is 11.3 Å². The number of benzene rings is 5. The van der Waals surface area contributed by atoms with Crippen LogP contribution in [0.4, 0.5) is 0 Å². The van der Waals surface area contributed by atoms with Gasteiger partial charge in [-0.15, -0.1) is 22.7 Å². The van der Waals surface area contributed by atoms with Crippen LogP contribution >= 0.6 is 22.7 Å². The van der Waals surface area contributed by atoms with Gasteiger partial charge in [0, 0.05) is 64.3 Å². The first-order valence-corrected chi connectivity index (χ1v) is 26.7. The molecule has 1 N–H and O–H groups in total. The highest BCUT2D eigenvalue weighted by molar-refractivity contribution is 7.25. The summed E-state index contributed by atoms with van der Waals surface area (Å²) in [4.78, 5) is 16.2. The summed E-state index contributed by atoms with van der Waals surface area (Å²) in [6.45, 7) is 17.1. The first kappa shape index (κ1) is 47.8. The van der Waals surface area contributed by atoms with E-state index in [-0.39, 0.29) is 16.4 Å². The van der Waals surface area contributed by atoms with Crippen LogP contribution in [0.5, 0.6) is 0 Å². The molecular weight excluding hydrogens is 883 g/mol. The van der Waals surface area contributed by atoms with Gasteiger partial charge in [0.15, 0.2) is 0 Å². The van der Waals surface area contributed by atoms with Crippen LogP contribution in [-0.2, 0) is 22.2 Å². The van der Waals surface area contributed by atoms with E-state index in [2.05, 4.69) is 155 Å². The molecule has 4 heterocycles. The number of aromatic nitrogens is 2. The molecule has 0 bridgehead atoms. The number of aryl methyl sites for hydroxylation is 1. The maximum absolute atomic E-state index is 11.4. The fraction of sp³-hybridized carbons (Fsp3) is 0.323. The van der Waals surface area contributed by atoms with Crippen LogP contribution in [0.1, 0.15) is 129 Å². The molecular formula is C62H65N3O2S2. The van der Waals surface area contributed by atoms with Crippen LogP contribution < -0.4 is 0 Å². The number of nitrogens with zero attached hydrogens (tertiary/aromatic N) is 3. The zero-order valence-electron chi connectivity index (χ0n) is 41.4. The van der Waals surface area contributed by atoms with Gasteiger partial charge in [-0.1, -0.05) is 149 Å². The molecule has 9 aromatic rings. The molecule has 0 fully saturated rings. The molecule has 0 aliphatic rings. The molecule has 0 amide bonds. The highest BCUT2D eigenvalue weighted by atomic mass is 32.1. The van der Waals surface area contributed by atoms with E-state index in [4.69, 9.17) is 0 Å². The summed E-state index contributed by atoms with van der Waals surface area (Å²) < 4.78 is 5.08. The first-order chi connectivity index (χ1) is 33.2. The van der Waals surface area contributed by atoms with E-state index in [0.717, 1.165) is 17.0 Å². The summed E-state index contributed by atoms with van der Waals surface area (Å²) in [5, 5.41) is 23.7. The lowest BCUT2D eigenvalue weighted by molar-refractivity contribution is -0.132. The molecule has 0 spiro atoms. The molecule has 69 heavy (non-hydrogen) atoms. The van der Waals surface area contributed by atoms with Crippen LogP contribution in [0.25, 0.3) is 86.0 Å². The van der Waals surface area contributed by atoms with E-state index in [1.165, 1.54) is 151 Å². The number of hydrogen-bond acceptors (Lipinski definition) is 4. The number of carboxylic acid groups (broad SMARTS) is 1. The molecule has 4 aromatic heterocycles. The molecule has 5 nitrogen and oxygen atoms in total. The number of fused-ring (bicyclic) bond motifs is 6. The van der Waals surface area contributed by atoms with E-state index < -0.39 is 5.97 Å². The largest absolute Gasteiger partial charge is 0.477 e. The summed E-state index contributed by atoms with van der Waals surface area (Å²) in [6.07, 6.45) is 14.6. The summed E-state index contributed by atoms with van der Waals surface area (Å²) in [5.41, 5.74) is 11.7. The van der Waals surface area contributed by atoms with Crippen molar-refractivity contribution >= 4 is 78.3 Å². The number of unbranched alkanes of at least 4 members (excludes halogenated alkanes) is 9. The summed E-state index contributed by atoms with van der Waals surface area (Å²) >= 11 is 3.58. The maximum Gasteiger partial charge on any atom is 0.346 e. The Kier molecular flexibility index (Phi) is 13.9. The Labute approximate surface area is 416 Å². The van der Waals surface area contributed by atoms with E-state index in [0.29, 0.717) is 5.56 Å². The van der Waals surface area contributed by atoms with Gasteiger partial charge in [-0.25, -0.2) is 4.79 Å². The number of aliphatic carboxylic acids is 1. The van der Waals surface area contributed by atoms with Crippen molar-refractivity contribution in [3.63, 3.8) is 0 Å². The van der Waals surface area contributed by atoms with Gasteiger partial charge in [0.2, 0.25) is 0 Å². The van der Waals surface area contributed by atoms with Crippen molar-refractivity contribution in [2.75, 3.05) is 0 Å². The number of carbonyl (C=O) groups is 1. The van der Waals surface area contributed by atoms with Crippen molar-refractivity contribution in [2.24, 2.45) is 0 Å². The van der Waals surface area contributed by atoms with Crippen molar-refractivity contribution in [1.82, 2.24) is 9.13 Å². The van der Waals surface area contributed by atoms with Crippen LogP contribution in [0.2, 0.25) is 0 Å². The predicted octanol–water partition coefficient (Wildman–Crippen LogP) is 18.5. The zero-order chi connectivity index (χ0) is 48.5. The Morgan fingerprint density at radius 1 is 0.551 bits per heavy atom. The highest BCUT2D eigenvalue weighted by Gasteiger charge is 2.22. The topological polar surface area (TPSA) is 70.9 Å². The lowest BCUT2D eigenvalue weighted by Gasteiger charge is -2.19. The number of rotatable bonds is 17. The minimum absolute atomic E-state index is 0.0379. The second-order valence-corrected chi connectivity index (χ2v) is 23.2. The van der Waals surface area contributed by atoms with Crippen LogP contribution in [0.15, 0.2) is 127 Å². The Balaban J connectivity index is 1.07. The average Bonchev–Trinajstić information content (AvgIpc) is 4.15. The third-order valence-corrected chi connectivity index (χ3v) is 16.4. The van der Waals surface area contributed by atoms with Gasteiger partial charge >= 0.3 is 5.97 Å². The minimum atomic E-state index is -1.22. The standard InChI is InChI=1S/C62H65N3O2S2/c1-8-9-10-11-12-13-14-15-16-17-34-64-52-26-22-43(57-31-33-59(69-57)58-32-30-56(68-58)42-20-18-41(19-21-42)35-44(40-63)60(66)67)36-48(52)51-39-47(25-29-53(51)64)65-54-27-23-45(61(2,3)4)37-49(54)50-38-46(62(5,6)7)24-28-55(50)65/h18-33,35-39H,8-17,34H2,1-7H3,(H,66,67)/b44-35+. The minimum Gasteiger partial charge on any atom is -0.477 e. The summed E-state index contributed by atoms with van der Waals surface area (Å²) in [6, 6.07) is 46.8. The monoisotopic (exact) mass is 947 g/mol. The molecule has 0 radical (unpaired) electrons. The fourth-order valence-electron chi connectivity index (χ4n) is 9.92. The SMILES string of the molecule is CCCCCCCCCCCCn1c2ccc(-c3ccc(-c4ccc(-c5ccc(/C=C(\C#N)C(=O)O)cc5)s4)s3)cc2c2cc(-n3c4ccc(C(C)(C)C)cc4c4cc(C(C)(C)C)ccc43)ccc21. The van der Waals surface area contributed by atoms with Crippen LogP contribution in [-0.4, -0.2) is 20.2 Å². The van der Waals surface area contributed by atoms with Gasteiger partial charge in [0.25, 0.3) is 0 Å². The average molecular weight is 948 g/mol. The molecule has 0 aliphatic carbocycles. The molecule has 0 aliphatic heterocycles. The van der Waals surface area contributed by atoms with Gasteiger partial charge in [-0.05, 0) is 130 Å². The van der Waals surface area contributed by atoms with Crippen molar-refractivity contribution in [3.05, 3.63) is 144 Å². The van der Waals surface area contributed by atoms with E-state index in [1.54, 1.807) is 17.4 Å². The van der Waals surface area contributed by atoms with Crippen molar-refractivity contribution in [1.29, 1.82) is 5.26 Å². The normalized spacial score (nSPS) is 12.5. The summed E-state index contributed by atoms with van der Waals surface area (Å²) in [7, 11) is 0. The van der Waals surface area contributed by atoms with Gasteiger partial charge in [0.1, 0.15) is 11.6 Å². The second kappa shape index (κ2) is 20.0. The molecule has 0 saturated carbocycles. The Hall–Kier alpha value is -6.20. The number of nitriles is 1. The third kappa shape index (κ3) is 10.1. The quantitative estimate of drug-likeness (QED) is 0.0562. The van der Waals surface area contributed by atoms with Crippen molar-refractivity contribution < 1.29 is 9.90 Å². The highest BCUT2D eigenvalue weighted by Crippen LogP contribution is 2.43. The number of carboxylic acids is 1. The van der Waals surface area contributed by atoms with Gasteiger partial charge in [-0.3, -0.25) is 0 Å². The lowest BCUT2D eigenvalue weighted by Crippen LogP contribution is -2.10. The Morgan fingerprint density at radius 2 is 1.01 bits per heavy atom.